The van der Waals surface area contributed by atoms with E-state index in [2.05, 4.69) is 12.1 Å². The molecule has 0 heterocycles. The Balaban J connectivity index is 2.13. The molecule has 0 atom stereocenters. The van der Waals surface area contributed by atoms with Gasteiger partial charge >= 0.3 is 0 Å². The molecule has 2 aromatic carbocycles. The van der Waals surface area contributed by atoms with E-state index in [9.17, 15) is 0 Å². The molecule has 0 saturated carbocycles. The molecule has 18 heavy (non-hydrogen) atoms. The van der Waals surface area contributed by atoms with E-state index in [1.807, 2.05) is 32.0 Å². The Morgan fingerprint density at radius 3 is 2.61 bits per heavy atom. The SMILES string of the molecule is Cc1ccc(C)c(OCc2ccc(Cl)cc2N)c1. The van der Waals surface area contributed by atoms with E-state index >= 15 is 0 Å². The summed E-state index contributed by atoms with van der Waals surface area (Å²) in [5, 5.41) is 0.642. The van der Waals surface area contributed by atoms with Crippen LogP contribution in [0.2, 0.25) is 5.02 Å². The Bertz CT molecular complexity index is 566. The van der Waals surface area contributed by atoms with E-state index in [-0.39, 0.29) is 0 Å². The van der Waals surface area contributed by atoms with E-state index in [0.29, 0.717) is 17.3 Å². The highest BCUT2D eigenvalue weighted by Gasteiger charge is 2.04. The molecule has 0 bridgehead atoms. The number of aryl methyl sites for hydroxylation is 2. The zero-order chi connectivity index (χ0) is 13.1. The highest BCUT2D eigenvalue weighted by atomic mass is 35.5. The van der Waals surface area contributed by atoms with Crippen molar-refractivity contribution in [3.05, 3.63) is 58.1 Å². The van der Waals surface area contributed by atoms with Crippen LogP contribution in [0.3, 0.4) is 0 Å². The van der Waals surface area contributed by atoms with Crippen molar-refractivity contribution < 1.29 is 4.74 Å². The Hall–Kier alpha value is -1.67. The van der Waals surface area contributed by atoms with Gasteiger partial charge < -0.3 is 10.5 Å². The Labute approximate surface area is 112 Å². The standard InChI is InChI=1S/C15H16ClNO/c1-10-3-4-11(2)15(7-10)18-9-12-5-6-13(16)8-14(12)17/h3-8H,9,17H2,1-2H3. The smallest absolute Gasteiger partial charge is 0.122 e. The van der Waals surface area contributed by atoms with E-state index in [1.165, 1.54) is 5.56 Å². The maximum Gasteiger partial charge on any atom is 0.122 e. The Kier molecular flexibility index (Phi) is 3.78. The van der Waals surface area contributed by atoms with Crippen LogP contribution in [0.15, 0.2) is 36.4 Å². The highest BCUT2D eigenvalue weighted by molar-refractivity contribution is 6.30. The largest absolute Gasteiger partial charge is 0.489 e. The lowest BCUT2D eigenvalue weighted by Crippen LogP contribution is -2.01. The molecule has 0 aliphatic heterocycles. The molecule has 0 amide bonds. The summed E-state index contributed by atoms with van der Waals surface area (Å²) in [5.74, 6) is 0.893. The van der Waals surface area contributed by atoms with Gasteiger partial charge in [0.15, 0.2) is 0 Å². The summed E-state index contributed by atoms with van der Waals surface area (Å²) >= 11 is 5.86. The molecular formula is C15H16ClNO. The zero-order valence-corrected chi connectivity index (χ0v) is 11.3. The third kappa shape index (κ3) is 2.96. The second-order valence-corrected chi connectivity index (χ2v) is 4.84. The second kappa shape index (κ2) is 5.32. The van der Waals surface area contributed by atoms with Crippen LogP contribution in [0.25, 0.3) is 0 Å². The summed E-state index contributed by atoms with van der Waals surface area (Å²) in [4.78, 5) is 0. The molecule has 0 unspecified atom stereocenters. The van der Waals surface area contributed by atoms with Gasteiger partial charge in [-0.1, -0.05) is 29.8 Å². The normalized spacial score (nSPS) is 10.4. The molecular weight excluding hydrogens is 246 g/mol. The third-order valence-electron chi connectivity index (χ3n) is 2.83. The number of hydrogen-bond donors (Lipinski definition) is 1. The van der Waals surface area contributed by atoms with Crippen LogP contribution < -0.4 is 10.5 Å². The van der Waals surface area contributed by atoms with Gasteiger partial charge in [0.25, 0.3) is 0 Å². The molecule has 2 N–H and O–H groups in total. The van der Waals surface area contributed by atoms with Crippen molar-refractivity contribution >= 4 is 17.3 Å². The van der Waals surface area contributed by atoms with Crippen LogP contribution in [-0.2, 0) is 6.61 Å². The maximum absolute atomic E-state index is 5.89. The van der Waals surface area contributed by atoms with Gasteiger partial charge in [0.2, 0.25) is 0 Å². The fourth-order valence-corrected chi connectivity index (χ4v) is 1.90. The summed E-state index contributed by atoms with van der Waals surface area (Å²) < 4.78 is 5.80. The minimum Gasteiger partial charge on any atom is -0.489 e. The van der Waals surface area contributed by atoms with Crippen molar-refractivity contribution in [3.8, 4) is 5.75 Å². The molecule has 0 aliphatic carbocycles. The predicted octanol–water partition coefficient (Wildman–Crippen LogP) is 4.12. The third-order valence-corrected chi connectivity index (χ3v) is 3.07. The van der Waals surface area contributed by atoms with Crippen LogP contribution in [0.4, 0.5) is 5.69 Å². The number of nitrogens with two attached hydrogens (primary N) is 1. The van der Waals surface area contributed by atoms with Gasteiger partial charge in [-0.15, -0.1) is 0 Å². The van der Waals surface area contributed by atoms with Crippen molar-refractivity contribution in [2.45, 2.75) is 20.5 Å². The van der Waals surface area contributed by atoms with Crippen molar-refractivity contribution in [1.29, 1.82) is 0 Å². The van der Waals surface area contributed by atoms with Crippen molar-refractivity contribution in [2.75, 3.05) is 5.73 Å². The fraction of sp³-hybridized carbons (Fsp3) is 0.200. The lowest BCUT2D eigenvalue weighted by Gasteiger charge is -2.11. The maximum atomic E-state index is 5.89. The number of ether oxygens (including phenoxy) is 1. The average molecular weight is 262 g/mol. The molecule has 94 valence electrons. The lowest BCUT2D eigenvalue weighted by molar-refractivity contribution is 0.304. The predicted molar refractivity (Wildman–Crippen MR) is 76.1 cm³/mol. The molecule has 2 aromatic rings. The van der Waals surface area contributed by atoms with Crippen molar-refractivity contribution in [3.63, 3.8) is 0 Å². The molecule has 0 radical (unpaired) electrons. The number of hydrogen-bond acceptors (Lipinski definition) is 2. The van der Waals surface area contributed by atoms with Crippen LogP contribution in [0, 0.1) is 13.8 Å². The second-order valence-electron chi connectivity index (χ2n) is 4.40. The van der Waals surface area contributed by atoms with Crippen LogP contribution in [0.1, 0.15) is 16.7 Å². The number of anilines is 1. The molecule has 0 fully saturated rings. The van der Waals surface area contributed by atoms with Crippen LogP contribution in [0.5, 0.6) is 5.75 Å². The van der Waals surface area contributed by atoms with E-state index in [1.54, 1.807) is 6.07 Å². The average Bonchev–Trinajstić information content (AvgIpc) is 2.32. The quantitative estimate of drug-likeness (QED) is 0.844. The van der Waals surface area contributed by atoms with Gasteiger partial charge in [-0.05, 0) is 43.2 Å². The van der Waals surface area contributed by atoms with E-state index < -0.39 is 0 Å². The molecule has 0 aliphatic rings. The topological polar surface area (TPSA) is 35.2 Å². The van der Waals surface area contributed by atoms with Gasteiger partial charge in [-0.25, -0.2) is 0 Å². The number of halogens is 1. The molecule has 0 spiro atoms. The first-order valence-electron chi connectivity index (χ1n) is 5.80. The van der Waals surface area contributed by atoms with Gasteiger partial charge in [-0.3, -0.25) is 0 Å². The number of nitrogen functional groups attached to an aromatic ring is 1. The summed E-state index contributed by atoms with van der Waals surface area (Å²) in [5.41, 5.74) is 9.79. The summed E-state index contributed by atoms with van der Waals surface area (Å²) in [6.07, 6.45) is 0. The molecule has 2 rings (SSSR count). The number of benzene rings is 2. The molecule has 0 aromatic heterocycles. The summed E-state index contributed by atoms with van der Waals surface area (Å²) in [6, 6.07) is 11.6. The fourth-order valence-electron chi connectivity index (χ4n) is 1.72. The minimum atomic E-state index is 0.452. The van der Waals surface area contributed by atoms with Crippen LogP contribution in [-0.4, -0.2) is 0 Å². The lowest BCUT2D eigenvalue weighted by atomic mass is 10.1. The van der Waals surface area contributed by atoms with Crippen LogP contribution >= 0.6 is 11.6 Å². The van der Waals surface area contributed by atoms with E-state index in [0.717, 1.165) is 16.9 Å². The zero-order valence-electron chi connectivity index (χ0n) is 10.5. The van der Waals surface area contributed by atoms with E-state index in [4.69, 9.17) is 22.1 Å². The summed E-state index contributed by atoms with van der Waals surface area (Å²) in [6.45, 7) is 4.52. The molecule has 2 nitrogen and oxygen atoms in total. The highest BCUT2D eigenvalue weighted by Crippen LogP contribution is 2.23. The minimum absolute atomic E-state index is 0.452. The summed E-state index contributed by atoms with van der Waals surface area (Å²) in [7, 11) is 0. The van der Waals surface area contributed by atoms with Gasteiger partial charge in [0, 0.05) is 16.3 Å². The van der Waals surface area contributed by atoms with Crippen molar-refractivity contribution in [2.24, 2.45) is 0 Å². The van der Waals surface area contributed by atoms with Crippen molar-refractivity contribution in [1.82, 2.24) is 0 Å². The Morgan fingerprint density at radius 2 is 1.89 bits per heavy atom. The number of rotatable bonds is 3. The van der Waals surface area contributed by atoms with Gasteiger partial charge in [-0.2, -0.15) is 0 Å². The first-order chi connectivity index (χ1) is 8.56. The van der Waals surface area contributed by atoms with Gasteiger partial charge in [0.1, 0.15) is 12.4 Å². The molecule has 0 saturated heterocycles. The Morgan fingerprint density at radius 1 is 1.11 bits per heavy atom. The first kappa shape index (κ1) is 12.8. The molecule has 3 heteroatoms. The first-order valence-corrected chi connectivity index (χ1v) is 6.18. The van der Waals surface area contributed by atoms with Gasteiger partial charge in [0.05, 0.1) is 0 Å². The monoisotopic (exact) mass is 261 g/mol.